The largest absolute Gasteiger partial charge is 0.311 e. The van der Waals surface area contributed by atoms with Crippen molar-refractivity contribution >= 4 is 34.1 Å². The molecule has 216 valence electrons. The molecule has 45 heavy (non-hydrogen) atoms. The van der Waals surface area contributed by atoms with Gasteiger partial charge in [0.05, 0.1) is 16.4 Å². The molecule has 0 atom stereocenters. The average molecular weight is 591 g/mol. The van der Waals surface area contributed by atoms with Crippen LogP contribution in [0.25, 0.3) is 22.3 Å². The predicted octanol–water partition coefficient (Wildman–Crippen LogP) is 12.3. The molecule has 0 N–H and O–H groups in total. The van der Waals surface area contributed by atoms with Crippen LogP contribution >= 0.6 is 0 Å². The zero-order valence-electron chi connectivity index (χ0n) is 36.4. The topological polar surface area (TPSA) is 6.48 Å². The second-order valence-electron chi connectivity index (χ2n) is 10.2. The molecule has 0 aliphatic rings. The fraction of sp³-hybridized carbons (Fsp3) is 0.0233. The van der Waals surface area contributed by atoms with E-state index < -0.39 is 94.8 Å². The van der Waals surface area contributed by atoms with E-state index in [1.807, 2.05) is 25.1 Å². The van der Waals surface area contributed by atoms with Crippen molar-refractivity contribution < 1.29 is 16.4 Å². The number of hydrogen-bond acceptors (Lipinski definition) is 2. The summed E-state index contributed by atoms with van der Waals surface area (Å²) in [5, 5.41) is 0. The Labute approximate surface area is 283 Å². The summed E-state index contributed by atoms with van der Waals surface area (Å²) in [7, 11) is 0. The Morgan fingerprint density at radius 1 is 0.311 bits per heavy atom. The Balaban J connectivity index is 1.43. The molecule has 0 saturated carbocycles. The maximum absolute atomic E-state index is 9.16. The highest BCUT2D eigenvalue weighted by Crippen LogP contribution is 2.37. The molecule has 0 saturated heterocycles. The van der Waals surface area contributed by atoms with Gasteiger partial charge in [0.1, 0.15) is 0 Å². The molecule has 2 nitrogen and oxygen atoms in total. The van der Waals surface area contributed by atoms with Crippen molar-refractivity contribution in [1.82, 2.24) is 0 Å². The Bertz CT molecular complexity index is 2530. The number of rotatable bonds is 8. The standard InChI is InChI=1S/C43H34N2/c1-33-17-27-41(28-18-33)45(40-15-9-4-10-16-40)43-31-25-37(26-32-43)35-21-19-34(20-22-35)36-23-29-42(30-24-36)44(38-11-5-2-6-12-38)39-13-7-3-8-14-39/h2-32H,1H3/i19D,20D,21D,22D,23D,24D,25D,26D,29D,30D,31D,32D. The molecule has 0 radical (unpaired) electrons. The Morgan fingerprint density at radius 2 is 0.578 bits per heavy atom. The van der Waals surface area contributed by atoms with Gasteiger partial charge in [0.2, 0.25) is 0 Å². The van der Waals surface area contributed by atoms with E-state index in [1.54, 1.807) is 107 Å². The summed E-state index contributed by atoms with van der Waals surface area (Å²) in [6, 6.07) is 26.7. The number of hydrogen-bond donors (Lipinski definition) is 0. The monoisotopic (exact) mass is 590 g/mol. The van der Waals surface area contributed by atoms with Crippen molar-refractivity contribution in [2.45, 2.75) is 6.92 Å². The van der Waals surface area contributed by atoms with Crippen molar-refractivity contribution in [3.63, 3.8) is 0 Å². The quantitative estimate of drug-likeness (QED) is 0.174. The van der Waals surface area contributed by atoms with Gasteiger partial charge >= 0.3 is 0 Å². The third-order valence-electron chi connectivity index (χ3n) is 7.13. The van der Waals surface area contributed by atoms with Gasteiger partial charge in [-0.15, -0.1) is 0 Å². The van der Waals surface area contributed by atoms with Crippen molar-refractivity contribution in [2.75, 3.05) is 9.80 Å². The van der Waals surface area contributed by atoms with Gasteiger partial charge in [0, 0.05) is 34.1 Å². The molecule has 0 heterocycles. The summed E-state index contributed by atoms with van der Waals surface area (Å²) < 4.78 is 109. The van der Waals surface area contributed by atoms with E-state index in [4.69, 9.17) is 16.4 Å². The van der Waals surface area contributed by atoms with Crippen LogP contribution < -0.4 is 9.80 Å². The third-order valence-corrected chi connectivity index (χ3v) is 7.13. The molecule has 0 amide bonds. The lowest BCUT2D eigenvalue weighted by Gasteiger charge is -2.25. The summed E-state index contributed by atoms with van der Waals surface area (Å²) >= 11 is 0. The smallest absolute Gasteiger partial charge is 0.0645 e. The highest BCUT2D eigenvalue weighted by molar-refractivity contribution is 5.80. The lowest BCUT2D eigenvalue weighted by molar-refractivity contribution is 1.27. The number of aryl methyl sites for hydroxylation is 1. The van der Waals surface area contributed by atoms with Crippen LogP contribution in [0.1, 0.15) is 22.0 Å². The minimum Gasteiger partial charge on any atom is -0.311 e. The van der Waals surface area contributed by atoms with E-state index in [0.29, 0.717) is 22.7 Å². The minimum absolute atomic E-state index is 0.0838. The molecule has 0 aromatic heterocycles. The van der Waals surface area contributed by atoms with Gasteiger partial charge in [-0.05, 0) is 102 Å². The van der Waals surface area contributed by atoms with E-state index >= 15 is 0 Å². The second kappa shape index (κ2) is 12.8. The van der Waals surface area contributed by atoms with E-state index in [-0.39, 0.29) is 11.4 Å². The molecule has 2 heteroatoms. The summed E-state index contributed by atoms with van der Waals surface area (Å²) in [5.41, 5.74) is 1.14. The molecule has 0 bridgehead atoms. The molecule has 0 spiro atoms. The number of para-hydroxylation sites is 3. The number of anilines is 6. The van der Waals surface area contributed by atoms with Crippen molar-refractivity contribution in [3.05, 3.63) is 193 Å². The first-order chi connectivity index (χ1) is 27.3. The van der Waals surface area contributed by atoms with Crippen LogP contribution in [0.3, 0.4) is 0 Å². The lowest BCUT2D eigenvalue weighted by atomic mass is 9.99. The summed E-state index contributed by atoms with van der Waals surface area (Å²) in [5.74, 6) is 0. The molecule has 0 fully saturated rings. The fourth-order valence-corrected chi connectivity index (χ4v) is 4.89. The van der Waals surface area contributed by atoms with E-state index in [2.05, 4.69) is 0 Å². The summed E-state index contributed by atoms with van der Waals surface area (Å²) in [6.07, 6.45) is 0. The molecular formula is C43H34N2. The molecule has 7 rings (SSSR count). The summed E-state index contributed by atoms with van der Waals surface area (Å²) in [4.78, 5) is 3.16. The van der Waals surface area contributed by atoms with Crippen LogP contribution in [0.5, 0.6) is 0 Å². The first-order valence-electron chi connectivity index (χ1n) is 20.4. The highest BCUT2D eigenvalue weighted by Gasteiger charge is 2.14. The molecule has 7 aromatic carbocycles. The van der Waals surface area contributed by atoms with Crippen LogP contribution in [0, 0.1) is 6.92 Å². The normalized spacial score (nSPS) is 14.5. The first kappa shape index (κ1) is 17.4. The maximum Gasteiger partial charge on any atom is 0.0645 e. The Hall–Kier alpha value is -5.86. The minimum atomic E-state index is -0.728. The van der Waals surface area contributed by atoms with Crippen LogP contribution in [-0.2, 0) is 0 Å². The van der Waals surface area contributed by atoms with E-state index in [1.165, 1.54) is 0 Å². The van der Waals surface area contributed by atoms with Gasteiger partial charge in [-0.2, -0.15) is 0 Å². The van der Waals surface area contributed by atoms with Gasteiger partial charge in [-0.1, -0.05) is 121 Å². The molecular weight excluding hydrogens is 544 g/mol. The molecule has 0 aliphatic heterocycles. The third kappa shape index (κ3) is 6.13. The van der Waals surface area contributed by atoms with Crippen LogP contribution in [0.15, 0.2) is 188 Å². The van der Waals surface area contributed by atoms with Crippen molar-refractivity contribution in [2.24, 2.45) is 0 Å². The summed E-state index contributed by atoms with van der Waals surface area (Å²) in [6.45, 7) is 1.91. The fourth-order valence-electron chi connectivity index (χ4n) is 4.89. The van der Waals surface area contributed by atoms with Gasteiger partial charge in [0.25, 0.3) is 0 Å². The van der Waals surface area contributed by atoms with Gasteiger partial charge in [0.15, 0.2) is 0 Å². The van der Waals surface area contributed by atoms with Crippen LogP contribution in [-0.4, -0.2) is 0 Å². The van der Waals surface area contributed by atoms with Gasteiger partial charge < -0.3 is 9.80 Å². The lowest BCUT2D eigenvalue weighted by Crippen LogP contribution is -2.09. The Morgan fingerprint density at radius 3 is 0.889 bits per heavy atom. The Kier molecular flexibility index (Phi) is 4.96. The molecule has 0 unspecified atom stereocenters. The highest BCUT2D eigenvalue weighted by atomic mass is 15.1. The molecule has 0 aliphatic carbocycles. The van der Waals surface area contributed by atoms with E-state index in [9.17, 15) is 0 Å². The zero-order chi connectivity index (χ0) is 40.9. The maximum atomic E-state index is 9.16. The van der Waals surface area contributed by atoms with Gasteiger partial charge in [-0.25, -0.2) is 0 Å². The SMILES string of the molecule is [2H]c1c([2H])c(-c2c([2H])c([2H])c(N(c3ccccc3)c3ccc(C)cc3)c([2H])c2[2H])c([2H])c([2H])c1-c1c([2H])c([2H])c(N(c2ccccc2)c2ccccc2)c([2H])c1[2H]. The molecule has 7 aromatic rings. The first-order valence-corrected chi connectivity index (χ1v) is 14.4. The zero-order valence-corrected chi connectivity index (χ0v) is 24.4. The van der Waals surface area contributed by atoms with Crippen LogP contribution in [0.2, 0.25) is 0 Å². The van der Waals surface area contributed by atoms with Crippen molar-refractivity contribution in [3.8, 4) is 22.3 Å². The predicted molar refractivity (Wildman–Crippen MR) is 191 cm³/mol. The number of nitrogens with zero attached hydrogens (tertiary/aromatic N) is 2. The number of benzene rings is 7. The average Bonchev–Trinajstić information content (AvgIpc) is 3.22. The van der Waals surface area contributed by atoms with E-state index in [0.717, 1.165) is 5.56 Å². The van der Waals surface area contributed by atoms with Gasteiger partial charge in [-0.3, -0.25) is 0 Å². The van der Waals surface area contributed by atoms with Crippen LogP contribution in [0.4, 0.5) is 34.1 Å². The van der Waals surface area contributed by atoms with Crippen molar-refractivity contribution in [1.29, 1.82) is 0 Å². The second-order valence-corrected chi connectivity index (χ2v) is 10.2.